The van der Waals surface area contributed by atoms with Crippen molar-refractivity contribution in [2.45, 2.75) is 25.9 Å². The van der Waals surface area contributed by atoms with E-state index in [0.29, 0.717) is 6.04 Å². The van der Waals surface area contributed by atoms with E-state index in [2.05, 4.69) is 47.1 Å². The van der Waals surface area contributed by atoms with E-state index in [9.17, 15) is 0 Å². The van der Waals surface area contributed by atoms with Crippen molar-refractivity contribution in [2.75, 3.05) is 32.7 Å². The molecule has 0 unspecified atom stereocenters. The average Bonchev–Trinajstić information content (AvgIpc) is 2.41. The highest BCUT2D eigenvalue weighted by Crippen LogP contribution is 2.14. The minimum Gasteiger partial charge on any atom is -0.330 e. The standard InChI is InChI=1S/C15H25N3/c1-2-18-11-10-17(13-15(18)8-9-16)12-14-6-4-3-5-7-14/h3-7,15H,2,8-13,16H2,1H3/t15-/m1/s1. The van der Waals surface area contributed by atoms with Crippen molar-refractivity contribution in [1.82, 2.24) is 9.80 Å². The molecule has 0 aliphatic carbocycles. The molecule has 3 nitrogen and oxygen atoms in total. The molecule has 1 heterocycles. The summed E-state index contributed by atoms with van der Waals surface area (Å²) >= 11 is 0. The topological polar surface area (TPSA) is 32.5 Å². The fourth-order valence-electron chi connectivity index (χ4n) is 2.83. The third-order valence-electron chi connectivity index (χ3n) is 3.84. The lowest BCUT2D eigenvalue weighted by atomic mass is 10.1. The Morgan fingerprint density at radius 2 is 2.00 bits per heavy atom. The minimum atomic E-state index is 0.637. The Labute approximate surface area is 111 Å². The zero-order valence-electron chi connectivity index (χ0n) is 11.4. The Kier molecular flexibility index (Phi) is 5.17. The molecule has 0 saturated carbocycles. The van der Waals surface area contributed by atoms with E-state index in [1.54, 1.807) is 0 Å². The first-order valence-corrected chi connectivity index (χ1v) is 7.04. The number of benzene rings is 1. The second-order valence-corrected chi connectivity index (χ2v) is 5.08. The molecule has 1 fully saturated rings. The zero-order valence-corrected chi connectivity index (χ0v) is 11.4. The van der Waals surface area contributed by atoms with E-state index in [4.69, 9.17) is 5.73 Å². The van der Waals surface area contributed by atoms with E-state index >= 15 is 0 Å². The smallest absolute Gasteiger partial charge is 0.0235 e. The fourth-order valence-corrected chi connectivity index (χ4v) is 2.83. The highest BCUT2D eigenvalue weighted by molar-refractivity contribution is 5.14. The van der Waals surface area contributed by atoms with Crippen molar-refractivity contribution in [3.8, 4) is 0 Å². The summed E-state index contributed by atoms with van der Waals surface area (Å²) in [6, 6.07) is 11.4. The highest BCUT2D eigenvalue weighted by atomic mass is 15.3. The van der Waals surface area contributed by atoms with Crippen LogP contribution >= 0.6 is 0 Å². The molecular formula is C15H25N3. The van der Waals surface area contributed by atoms with Crippen LogP contribution < -0.4 is 5.73 Å². The van der Waals surface area contributed by atoms with Gasteiger partial charge in [0.25, 0.3) is 0 Å². The molecule has 1 aliphatic heterocycles. The van der Waals surface area contributed by atoms with Gasteiger partial charge in [0.05, 0.1) is 0 Å². The maximum Gasteiger partial charge on any atom is 0.0235 e. The first-order chi connectivity index (χ1) is 8.83. The quantitative estimate of drug-likeness (QED) is 0.856. The van der Waals surface area contributed by atoms with Gasteiger partial charge in [-0.3, -0.25) is 9.80 Å². The fraction of sp³-hybridized carbons (Fsp3) is 0.600. The second kappa shape index (κ2) is 6.88. The molecule has 1 aromatic rings. The van der Waals surface area contributed by atoms with Gasteiger partial charge in [0.1, 0.15) is 0 Å². The van der Waals surface area contributed by atoms with Crippen molar-refractivity contribution < 1.29 is 0 Å². The van der Waals surface area contributed by atoms with Crippen LogP contribution in [0.5, 0.6) is 0 Å². The summed E-state index contributed by atoms with van der Waals surface area (Å²) < 4.78 is 0. The third-order valence-corrected chi connectivity index (χ3v) is 3.84. The van der Waals surface area contributed by atoms with Crippen LogP contribution in [0.3, 0.4) is 0 Å². The monoisotopic (exact) mass is 247 g/mol. The highest BCUT2D eigenvalue weighted by Gasteiger charge is 2.24. The van der Waals surface area contributed by atoms with Crippen LogP contribution in [0.4, 0.5) is 0 Å². The Morgan fingerprint density at radius 1 is 1.22 bits per heavy atom. The summed E-state index contributed by atoms with van der Waals surface area (Å²) in [4.78, 5) is 5.12. The maximum atomic E-state index is 5.73. The molecule has 18 heavy (non-hydrogen) atoms. The van der Waals surface area contributed by atoms with Gasteiger partial charge in [-0.15, -0.1) is 0 Å². The third kappa shape index (κ3) is 3.55. The number of nitrogens with two attached hydrogens (primary N) is 1. The van der Waals surface area contributed by atoms with Gasteiger partial charge in [0.2, 0.25) is 0 Å². The molecule has 0 amide bonds. The van der Waals surface area contributed by atoms with Gasteiger partial charge in [0.15, 0.2) is 0 Å². The molecule has 1 aliphatic rings. The summed E-state index contributed by atoms with van der Waals surface area (Å²) in [6.45, 7) is 8.75. The molecule has 100 valence electrons. The number of nitrogens with zero attached hydrogens (tertiary/aromatic N) is 2. The molecule has 1 atom stereocenters. The number of likely N-dealkylation sites (N-methyl/N-ethyl adjacent to an activating group) is 1. The Morgan fingerprint density at radius 3 is 2.67 bits per heavy atom. The van der Waals surface area contributed by atoms with Crippen molar-refractivity contribution in [3.05, 3.63) is 35.9 Å². The molecule has 1 aromatic carbocycles. The van der Waals surface area contributed by atoms with E-state index in [1.807, 2.05) is 0 Å². The zero-order chi connectivity index (χ0) is 12.8. The first kappa shape index (κ1) is 13.5. The summed E-state index contributed by atoms with van der Waals surface area (Å²) in [5.74, 6) is 0. The number of hydrogen-bond acceptors (Lipinski definition) is 3. The van der Waals surface area contributed by atoms with Gasteiger partial charge in [-0.2, -0.15) is 0 Å². The largest absolute Gasteiger partial charge is 0.330 e. The predicted octanol–water partition coefficient (Wildman–Crippen LogP) is 1.54. The van der Waals surface area contributed by atoms with Gasteiger partial charge in [-0.25, -0.2) is 0 Å². The molecule has 0 bridgehead atoms. The summed E-state index contributed by atoms with van der Waals surface area (Å²) in [5, 5.41) is 0. The molecule has 1 saturated heterocycles. The molecule has 0 radical (unpaired) electrons. The van der Waals surface area contributed by atoms with Crippen molar-refractivity contribution in [1.29, 1.82) is 0 Å². The lowest BCUT2D eigenvalue weighted by Gasteiger charge is -2.41. The van der Waals surface area contributed by atoms with Crippen molar-refractivity contribution in [3.63, 3.8) is 0 Å². The summed E-state index contributed by atoms with van der Waals surface area (Å²) in [6.07, 6.45) is 1.11. The van der Waals surface area contributed by atoms with E-state index in [1.165, 1.54) is 18.7 Å². The van der Waals surface area contributed by atoms with Crippen LogP contribution in [0.1, 0.15) is 18.9 Å². The van der Waals surface area contributed by atoms with E-state index < -0.39 is 0 Å². The average molecular weight is 247 g/mol. The van der Waals surface area contributed by atoms with Gasteiger partial charge in [0, 0.05) is 32.2 Å². The molecule has 0 aromatic heterocycles. The molecule has 2 N–H and O–H groups in total. The van der Waals surface area contributed by atoms with E-state index in [0.717, 1.165) is 32.6 Å². The number of hydrogen-bond donors (Lipinski definition) is 1. The van der Waals surface area contributed by atoms with Crippen LogP contribution in [0, 0.1) is 0 Å². The number of piperazine rings is 1. The SMILES string of the molecule is CCN1CCN(Cc2ccccc2)C[C@H]1CCN. The predicted molar refractivity (Wildman–Crippen MR) is 76.4 cm³/mol. The van der Waals surface area contributed by atoms with Gasteiger partial charge < -0.3 is 5.73 Å². The van der Waals surface area contributed by atoms with Gasteiger partial charge in [-0.05, 0) is 25.1 Å². The Hall–Kier alpha value is -0.900. The molecule has 3 heteroatoms. The minimum absolute atomic E-state index is 0.637. The van der Waals surface area contributed by atoms with Crippen LogP contribution in [-0.4, -0.2) is 48.6 Å². The van der Waals surface area contributed by atoms with Gasteiger partial charge in [-0.1, -0.05) is 37.3 Å². The second-order valence-electron chi connectivity index (χ2n) is 5.08. The normalized spacial score (nSPS) is 22.2. The first-order valence-electron chi connectivity index (χ1n) is 7.04. The van der Waals surface area contributed by atoms with Crippen LogP contribution in [0.2, 0.25) is 0 Å². The number of rotatable bonds is 5. The molecule has 2 rings (SSSR count). The van der Waals surface area contributed by atoms with Crippen molar-refractivity contribution >= 4 is 0 Å². The molecular weight excluding hydrogens is 222 g/mol. The maximum absolute atomic E-state index is 5.73. The lowest BCUT2D eigenvalue weighted by Crippen LogP contribution is -2.53. The van der Waals surface area contributed by atoms with Crippen LogP contribution in [0.25, 0.3) is 0 Å². The van der Waals surface area contributed by atoms with Crippen LogP contribution in [0.15, 0.2) is 30.3 Å². The Balaban J connectivity index is 1.91. The summed E-state index contributed by atoms with van der Waals surface area (Å²) in [5.41, 5.74) is 7.14. The lowest BCUT2D eigenvalue weighted by molar-refractivity contribution is 0.0707. The summed E-state index contributed by atoms with van der Waals surface area (Å²) in [7, 11) is 0. The van der Waals surface area contributed by atoms with Gasteiger partial charge >= 0.3 is 0 Å². The van der Waals surface area contributed by atoms with E-state index in [-0.39, 0.29) is 0 Å². The Bertz CT molecular complexity index is 339. The van der Waals surface area contributed by atoms with Crippen molar-refractivity contribution in [2.24, 2.45) is 5.73 Å². The van der Waals surface area contributed by atoms with Crippen LogP contribution in [-0.2, 0) is 6.54 Å². The molecule has 0 spiro atoms.